The molecule has 0 radical (unpaired) electrons. The van der Waals surface area contributed by atoms with Gasteiger partial charge in [-0.05, 0) is 60.3 Å². The van der Waals surface area contributed by atoms with Gasteiger partial charge in [0.2, 0.25) is 0 Å². The number of unbranched alkanes of at least 4 members (excludes halogenated alkanes) is 1. The monoisotopic (exact) mass is 186 g/mol. The maximum Gasteiger partial charge on any atom is 0.0147 e. The Bertz CT molecular complexity index is 121. The number of rotatable bonds is 7. The molecule has 0 aliphatic rings. The van der Waals surface area contributed by atoms with Crippen LogP contribution in [-0.2, 0) is 0 Å². The van der Waals surface area contributed by atoms with Crippen molar-refractivity contribution >= 4 is 0 Å². The molecule has 0 heterocycles. The summed E-state index contributed by atoms with van der Waals surface area (Å²) in [5.74, 6) is 0. The second-order valence-electron chi connectivity index (χ2n) is 4.40. The summed E-state index contributed by atoms with van der Waals surface area (Å²) < 4.78 is 0. The minimum atomic E-state index is 0.361. The Labute approximate surface area is 83.7 Å². The largest absolute Gasteiger partial charge is 0.320 e. The van der Waals surface area contributed by atoms with Gasteiger partial charge >= 0.3 is 0 Å². The van der Waals surface area contributed by atoms with Gasteiger partial charge in [0, 0.05) is 5.54 Å². The first-order valence-corrected chi connectivity index (χ1v) is 5.40. The van der Waals surface area contributed by atoms with Gasteiger partial charge in [0.1, 0.15) is 0 Å². The number of hydrogen-bond acceptors (Lipinski definition) is 2. The van der Waals surface area contributed by atoms with Crippen LogP contribution >= 0.6 is 0 Å². The van der Waals surface area contributed by atoms with Crippen molar-refractivity contribution in [3.05, 3.63) is 0 Å². The van der Waals surface area contributed by atoms with Crippen LogP contribution in [0.25, 0.3) is 0 Å². The predicted molar refractivity (Wildman–Crippen MR) is 60.2 cm³/mol. The third kappa shape index (κ3) is 5.27. The van der Waals surface area contributed by atoms with Crippen molar-refractivity contribution in [2.75, 3.05) is 27.2 Å². The molecule has 0 fully saturated rings. The van der Waals surface area contributed by atoms with Crippen molar-refractivity contribution in [2.45, 2.75) is 45.6 Å². The van der Waals surface area contributed by atoms with Crippen LogP contribution in [0.3, 0.4) is 0 Å². The second-order valence-corrected chi connectivity index (χ2v) is 4.40. The standard InChI is InChI=1S/C11H26N2/c1-6-11(2,3)13(5)10-8-7-9-12-4/h12H,6-10H2,1-5H3. The Morgan fingerprint density at radius 3 is 2.31 bits per heavy atom. The van der Waals surface area contributed by atoms with Crippen molar-refractivity contribution in [1.82, 2.24) is 10.2 Å². The topological polar surface area (TPSA) is 15.3 Å². The number of nitrogens with zero attached hydrogens (tertiary/aromatic N) is 1. The minimum absolute atomic E-state index is 0.361. The second kappa shape index (κ2) is 6.39. The van der Waals surface area contributed by atoms with Gasteiger partial charge in [-0.25, -0.2) is 0 Å². The maximum absolute atomic E-state index is 3.18. The molecule has 0 amide bonds. The van der Waals surface area contributed by atoms with Gasteiger partial charge in [-0.3, -0.25) is 0 Å². The van der Waals surface area contributed by atoms with E-state index in [1.807, 2.05) is 7.05 Å². The van der Waals surface area contributed by atoms with E-state index in [0.29, 0.717) is 5.54 Å². The van der Waals surface area contributed by atoms with Crippen LogP contribution in [0.15, 0.2) is 0 Å². The van der Waals surface area contributed by atoms with Crippen LogP contribution in [0.5, 0.6) is 0 Å². The summed E-state index contributed by atoms with van der Waals surface area (Å²) in [7, 11) is 4.24. The smallest absolute Gasteiger partial charge is 0.0147 e. The summed E-state index contributed by atoms with van der Waals surface area (Å²) in [6, 6.07) is 0. The Balaban J connectivity index is 3.55. The first-order chi connectivity index (χ1) is 6.04. The summed E-state index contributed by atoms with van der Waals surface area (Å²) in [5.41, 5.74) is 0.361. The number of nitrogens with one attached hydrogen (secondary N) is 1. The summed E-state index contributed by atoms with van der Waals surface area (Å²) in [5, 5.41) is 3.18. The lowest BCUT2D eigenvalue weighted by atomic mass is 10.00. The predicted octanol–water partition coefficient (Wildman–Crippen LogP) is 2.11. The van der Waals surface area contributed by atoms with Gasteiger partial charge in [-0.2, -0.15) is 0 Å². The Morgan fingerprint density at radius 2 is 1.85 bits per heavy atom. The fourth-order valence-electron chi connectivity index (χ4n) is 1.22. The molecular weight excluding hydrogens is 160 g/mol. The minimum Gasteiger partial charge on any atom is -0.320 e. The van der Waals surface area contributed by atoms with Gasteiger partial charge in [0.25, 0.3) is 0 Å². The summed E-state index contributed by atoms with van der Waals surface area (Å²) in [6.45, 7) is 9.23. The van der Waals surface area contributed by atoms with E-state index in [9.17, 15) is 0 Å². The Kier molecular flexibility index (Phi) is 6.35. The van der Waals surface area contributed by atoms with E-state index in [-0.39, 0.29) is 0 Å². The van der Waals surface area contributed by atoms with Crippen molar-refractivity contribution in [3.8, 4) is 0 Å². The van der Waals surface area contributed by atoms with Gasteiger partial charge in [0.15, 0.2) is 0 Å². The van der Waals surface area contributed by atoms with E-state index in [1.54, 1.807) is 0 Å². The molecule has 13 heavy (non-hydrogen) atoms. The Morgan fingerprint density at radius 1 is 1.23 bits per heavy atom. The highest BCUT2D eigenvalue weighted by Crippen LogP contribution is 2.16. The normalized spacial score (nSPS) is 12.5. The highest BCUT2D eigenvalue weighted by Gasteiger charge is 2.19. The molecule has 0 aliphatic carbocycles. The molecule has 0 rings (SSSR count). The van der Waals surface area contributed by atoms with Crippen LogP contribution in [0.2, 0.25) is 0 Å². The molecule has 1 N–H and O–H groups in total. The molecule has 0 unspecified atom stereocenters. The number of hydrogen-bond donors (Lipinski definition) is 1. The Hall–Kier alpha value is -0.0800. The SMILES string of the molecule is CCC(C)(C)N(C)CCCCNC. The summed E-state index contributed by atoms with van der Waals surface area (Å²) >= 11 is 0. The van der Waals surface area contributed by atoms with Gasteiger partial charge < -0.3 is 10.2 Å². The van der Waals surface area contributed by atoms with E-state index in [1.165, 1.54) is 25.8 Å². The molecule has 0 bridgehead atoms. The molecule has 2 heteroatoms. The molecule has 0 aliphatic heterocycles. The fourth-order valence-corrected chi connectivity index (χ4v) is 1.22. The molecule has 0 aromatic carbocycles. The van der Waals surface area contributed by atoms with E-state index in [2.05, 4.69) is 38.0 Å². The quantitative estimate of drug-likeness (QED) is 0.613. The van der Waals surface area contributed by atoms with Crippen molar-refractivity contribution in [1.29, 1.82) is 0 Å². The maximum atomic E-state index is 3.18. The molecule has 0 saturated carbocycles. The van der Waals surface area contributed by atoms with E-state index in [4.69, 9.17) is 0 Å². The summed E-state index contributed by atoms with van der Waals surface area (Å²) in [4.78, 5) is 2.46. The summed E-state index contributed by atoms with van der Waals surface area (Å²) in [6.07, 6.45) is 3.79. The van der Waals surface area contributed by atoms with E-state index >= 15 is 0 Å². The molecule has 0 spiro atoms. The molecule has 2 nitrogen and oxygen atoms in total. The molecule has 80 valence electrons. The molecule has 0 aromatic heterocycles. The van der Waals surface area contributed by atoms with E-state index < -0.39 is 0 Å². The molecule has 0 aromatic rings. The van der Waals surface area contributed by atoms with E-state index in [0.717, 1.165) is 6.54 Å². The lowest BCUT2D eigenvalue weighted by Gasteiger charge is -2.34. The van der Waals surface area contributed by atoms with Crippen LogP contribution in [0.4, 0.5) is 0 Å². The zero-order valence-electron chi connectivity index (χ0n) is 9.98. The molecule has 0 atom stereocenters. The average molecular weight is 186 g/mol. The first-order valence-electron chi connectivity index (χ1n) is 5.40. The highest BCUT2D eigenvalue weighted by molar-refractivity contribution is 4.76. The zero-order valence-corrected chi connectivity index (χ0v) is 9.98. The molecule has 0 saturated heterocycles. The third-order valence-corrected chi connectivity index (χ3v) is 3.07. The van der Waals surface area contributed by atoms with Gasteiger partial charge in [-0.1, -0.05) is 6.92 Å². The van der Waals surface area contributed by atoms with Crippen LogP contribution < -0.4 is 5.32 Å². The highest BCUT2D eigenvalue weighted by atomic mass is 15.2. The van der Waals surface area contributed by atoms with Crippen LogP contribution in [-0.4, -0.2) is 37.6 Å². The fraction of sp³-hybridized carbons (Fsp3) is 1.00. The average Bonchev–Trinajstić information content (AvgIpc) is 2.12. The van der Waals surface area contributed by atoms with Gasteiger partial charge in [0.05, 0.1) is 0 Å². The van der Waals surface area contributed by atoms with Gasteiger partial charge in [-0.15, -0.1) is 0 Å². The lowest BCUT2D eigenvalue weighted by molar-refractivity contribution is 0.148. The van der Waals surface area contributed by atoms with Crippen LogP contribution in [0.1, 0.15) is 40.0 Å². The molecular formula is C11H26N2. The zero-order chi connectivity index (χ0) is 10.3. The van der Waals surface area contributed by atoms with Crippen molar-refractivity contribution < 1.29 is 0 Å². The van der Waals surface area contributed by atoms with Crippen LogP contribution in [0, 0.1) is 0 Å². The first kappa shape index (κ1) is 12.9. The third-order valence-electron chi connectivity index (χ3n) is 3.07. The van der Waals surface area contributed by atoms with Crippen molar-refractivity contribution in [2.24, 2.45) is 0 Å². The lowest BCUT2D eigenvalue weighted by Crippen LogP contribution is -2.41. The van der Waals surface area contributed by atoms with Crippen molar-refractivity contribution in [3.63, 3.8) is 0 Å².